The maximum atomic E-state index is 12.9. The molecule has 0 aliphatic rings. The lowest BCUT2D eigenvalue weighted by Gasteiger charge is -2.12. The molecule has 5 nitrogen and oxygen atoms in total. The first-order chi connectivity index (χ1) is 13.9. The lowest BCUT2D eigenvalue weighted by Crippen LogP contribution is -2.13. The van der Waals surface area contributed by atoms with Crippen molar-refractivity contribution in [1.29, 1.82) is 0 Å². The zero-order chi connectivity index (χ0) is 20.6. The summed E-state index contributed by atoms with van der Waals surface area (Å²) in [5.41, 5.74) is 3.57. The average molecular weight is 409 g/mol. The van der Waals surface area contributed by atoms with Gasteiger partial charge in [-0.1, -0.05) is 18.2 Å². The van der Waals surface area contributed by atoms with E-state index in [0.717, 1.165) is 33.9 Å². The van der Waals surface area contributed by atoms with E-state index in [9.17, 15) is 8.42 Å². The summed E-state index contributed by atoms with van der Waals surface area (Å²) in [6.45, 7) is 7.24. The minimum absolute atomic E-state index is 0.217. The molecule has 29 heavy (non-hydrogen) atoms. The quantitative estimate of drug-likeness (QED) is 0.469. The molecular weight excluding hydrogens is 384 g/mol. The van der Waals surface area contributed by atoms with Gasteiger partial charge in [0.15, 0.2) is 0 Å². The zero-order valence-corrected chi connectivity index (χ0v) is 17.6. The Balaban J connectivity index is 1.74. The molecule has 0 saturated carbocycles. The molecule has 0 bridgehead atoms. The van der Waals surface area contributed by atoms with Gasteiger partial charge in [-0.3, -0.25) is 4.72 Å². The third kappa shape index (κ3) is 3.44. The molecule has 3 aromatic carbocycles. The van der Waals surface area contributed by atoms with Crippen LogP contribution in [0.3, 0.4) is 0 Å². The molecule has 0 spiro atoms. The number of hydrogen-bond acceptors (Lipinski definition) is 3. The summed E-state index contributed by atoms with van der Waals surface area (Å²) in [7, 11) is -3.70. The first kappa shape index (κ1) is 19.3. The lowest BCUT2D eigenvalue weighted by atomic mass is 10.1. The fourth-order valence-electron chi connectivity index (χ4n) is 3.78. The van der Waals surface area contributed by atoms with Crippen LogP contribution in [0.2, 0.25) is 0 Å². The van der Waals surface area contributed by atoms with E-state index in [1.807, 2.05) is 44.2 Å². The third-order valence-corrected chi connectivity index (χ3v) is 6.48. The molecule has 6 heteroatoms. The van der Waals surface area contributed by atoms with E-state index in [2.05, 4.69) is 28.3 Å². The van der Waals surface area contributed by atoms with Gasteiger partial charge in [0.05, 0.1) is 11.5 Å². The van der Waals surface area contributed by atoms with Crippen LogP contribution in [0.1, 0.15) is 19.4 Å². The molecule has 150 valence electrons. The Morgan fingerprint density at radius 2 is 1.69 bits per heavy atom. The lowest BCUT2D eigenvalue weighted by molar-refractivity contribution is 0.337. The number of aryl methyl sites for hydroxylation is 2. The highest BCUT2D eigenvalue weighted by Gasteiger charge is 2.17. The number of rotatable bonds is 6. The molecule has 0 radical (unpaired) electrons. The van der Waals surface area contributed by atoms with Crippen LogP contribution < -0.4 is 9.46 Å². The number of benzene rings is 3. The van der Waals surface area contributed by atoms with E-state index >= 15 is 0 Å². The first-order valence-corrected chi connectivity index (χ1v) is 11.2. The second-order valence-electron chi connectivity index (χ2n) is 6.96. The molecule has 0 atom stereocenters. The average Bonchev–Trinajstić information content (AvgIpc) is 3.02. The monoisotopic (exact) mass is 408 g/mol. The summed E-state index contributed by atoms with van der Waals surface area (Å²) in [6, 6.07) is 18.8. The number of nitrogens with zero attached hydrogens (tertiary/aromatic N) is 1. The number of para-hydroxylation sites is 1. The number of fused-ring (bicyclic) bond motifs is 3. The van der Waals surface area contributed by atoms with Gasteiger partial charge in [0, 0.05) is 34.0 Å². The van der Waals surface area contributed by atoms with Gasteiger partial charge in [-0.25, -0.2) is 8.42 Å². The summed E-state index contributed by atoms with van der Waals surface area (Å²) in [5, 5.41) is 2.15. The van der Waals surface area contributed by atoms with Crippen LogP contribution >= 0.6 is 0 Å². The van der Waals surface area contributed by atoms with Crippen molar-refractivity contribution < 1.29 is 13.2 Å². The number of aromatic nitrogens is 1. The van der Waals surface area contributed by atoms with Crippen LogP contribution in [-0.2, 0) is 16.6 Å². The van der Waals surface area contributed by atoms with Gasteiger partial charge in [-0.05, 0) is 68.8 Å². The van der Waals surface area contributed by atoms with Gasteiger partial charge in [0.25, 0.3) is 10.0 Å². The number of hydrogen-bond donors (Lipinski definition) is 1. The molecule has 4 rings (SSSR count). The molecular formula is C23H24N2O3S. The summed E-state index contributed by atoms with van der Waals surface area (Å²) >= 11 is 0. The van der Waals surface area contributed by atoms with Gasteiger partial charge in [0.1, 0.15) is 5.75 Å². The van der Waals surface area contributed by atoms with Crippen molar-refractivity contribution in [2.75, 3.05) is 11.3 Å². The Labute approximate surface area is 171 Å². The summed E-state index contributed by atoms with van der Waals surface area (Å²) in [4.78, 5) is 0.217. The highest BCUT2D eigenvalue weighted by atomic mass is 32.2. The van der Waals surface area contributed by atoms with Crippen LogP contribution in [0.25, 0.3) is 21.8 Å². The smallest absolute Gasteiger partial charge is 0.261 e. The van der Waals surface area contributed by atoms with Gasteiger partial charge in [-0.15, -0.1) is 0 Å². The van der Waals surface area contributed by atoms with Crippen LogP contribution in [0.5, 0.6) is 5.75 Å². The maximum absolute atomic E-state index is 12.9. The molecule has 0 fully saturated rings. The highest BCUT2D eigenvalue weighted by molar-refractivity contribution is 7.92. The predicted octanol–water partition coefficient (Wildman–Crippen LogP) is 5.32. The summed E-state index contributed by atoms with van der Waals surface area (Å²) in [5.74, 6) is 0.695. The second kappa shape index (κ2) is 7.44. The fourth-order valence-corrected chi connectivity index (χ4v) is 4.91. The SMILES string of the molecule is CCOc1ccc(S(=O)(=O)Nc2ccc3c(c2)c2ccccc2n3CC)cc1C. The van der Waals surface area contributed by atoms with Crippen molar-refractivity contribution in [3.8, 4) is 5.75 Å². The van der Waals surface area contributed by atoms with E-state index in [1.165, 1.54) is 0 Å². The van der Waals surface area contributed by atoms with Crippen molar-refractivity contribution in [1.82, 2.24) is 4.57 Å². The minimum Gasteiger partial charge on any atom is -0.494 e. The Kier molecular flexibility index (Phi) is 4.96. The molecule has 1 N–H and O–H groups in total. The fraction of sp³-hybridized carbons (Fsp3) is 0.217. The van der Waals surface area contributed by atoms with Crippen molar-refractivity contribution in [3.05, 3.63) is 66.2 Å². The first-order valence-electron chi connectivity index (χ1n) is 9.72. The molecule has 1 aromatic heterocycles. The Morgan fingerprint density at radius 3 is 2.41 bits per heavy atom. The number of ether oxygens (including phenoxy) is 1. The highest BCUT2D eigenvalue weighted by Crippen LogP contribution is 2.32. The van der Waals surface area contributed by atoms with E-state index in [1.54, 1.807) is 18.2 Å². The van der Waals surface area contributed by atoms with Crippen molar-refractivity contribution >= 4 is 37.5 Å². The van der Waals surface area contributed by atoms with Crippen LogP contribution in [0, 0.1) is 6.92 Å². The molecule has 0 aliphatic carbocycles. The van der Waals surface area contributed by atoms with E-state index in [4.69, 9.17) is 4.74 Å². The standard InChI is InChI=1S/C23H24N2O3S/c1-4-25-21-9-7-6-8-19(21)20-15-17(10-12-22(20)25)24-29(26,27)18-11-13-23(28-5-2)16(3)14-18/h6-15,24H,4-5H2,1-3H3. The number of anilines is 1. The van der Waals surface area contributed by atoms with Crippen LogP contribution in [0.15, 0.2) is 65.6 Å². The minimum atomic E-state index is -3.70. The van der Waals surface area contributed by atoms with Gasteiger partial charge in [-0.2, -0.15) is 0 Å². The van der Waals surface area contributed by atoms with Crippen molar-refractivity contribution in [2.45, 2.75) is 32.2 Å². The van der Waals surface area contributed by atoms with Crippen molar-refractivity contribution in [3.63, 3.8) is 0 Å². The Morgan fingerprint density at radius 1 is 0.931 bits per heavy atom. The normalized spacial score (nSPS) is 11.8. The third-order valence-electron chi connectivity index (χ3n) is 5.10. The van der Waals surface area contributed by atoms with E-state index in [0.29, 0.717) is 18.0 Å². The van der Waals surface area contributed by atoms with Crippen LogP contribution in [-0.4, -0.2) is 19.6 Å². The molecule has 1 heterocycles. The molecule has 0 saturated heterocycles. The van der Waals surface area contributed by atoms with Crippen LogP contribution in [0.4, 0.5) is 5.69 Å². The number of sulfonamides is 1. The molecule has 0 amide bonds. The largest absolute Gasteiger partial charge is 0.494 e. The molecule has 0 aliphatic heterocycles. The summed E-state index contributed by atoms with van der Waals surface area (Å²) in [6.07, 6.45) is 0. The summed E-state index contributed by atoms with van der Waals surface area (Å²) < 4.78 is 36.3. The van der Waals surface area contributed by atoms with Gasteiger partial charge in [0.2, 0.25) is 0 Å². The number of nitrogens with one attached hydrogen (secondary N) is 1. The van der Waals surface area contributed by atoms with Crippen molar-refractivity contribution in [2.24, 2.45) is 0 Å². The topological polar surface area (TPSA) is 60.3 Å². The predicted molar refractivity (Wildman–Crippen MR) is 118 cm³/mol. The van der Waals surface area contributed by atoms with Gasteiger partial charge >= 0.3 is 0 Å². The van der Waals surface area contributed by atoms with E-state index < -0.39 is 10.0 Å². The van der Waals surface area contributed by atoms with Gasteiger partial charge < -0.3 is 9.30 Å². The zero-order valence-electron chi connectivity index (χ0n) is 16.8. The van der Waals surface area contributed by atoms with E-state index in [-0.39, 0.29) is 4.90 Å². The maximum Gasteiger partial charge on any atom is 0.261 e. The second-order valence-corrected chi connectivity index (χ2v) is 8.64. The molecule has 0 unspecified atom stereocenters. The Bertz CT molecular complexity index is 1310. The Hall–Kier alpha value is -2.99. The molecule has 4 aromatic rings.